The summed E-state index contributed by atoms with van der Waals surface area (Å²) < 4.78 is 8.08. The molecule has 25 heavy (non-hydrogen) atoms. The fourth-order valence-electron chi connectivity index (χ4n) is 2.92. The van der Waals surface area contributed by atoms with Crippen molar-refractivity contribution in [2.45, 2.75) is 26.3 Å². The molecule has 7 heteroatoms. The minimum absolute atomic E-state index is 0.0865. The van der Waals surface area contributed by atoms with Gasteiger partial charge in [-0.15, -0.1) is 0 Å². The molecule has 0 atom stereocenters. The SMILES string of the molecule is CCc1nn(CC(=O)NCCCOC)c(=O)c2cc3ccccc3n12. The second-order valence-corrected chi connectivity index (χ2v) is 5.85. The van der Waals surface area contributed by atoms with Crippen LogP contribution >= 0.6 is 0 Å². The van der Waals surface area contributed by atoms with Crippen LogP contribution in [0.3, 0.4) is 0 Å². The van der Waals surface area contributed by atoms with Crippen molar-refractivity contribution in [1.82, 2.24) is 19.5 Å². The number of rotatable bonds is 7. The van der Waals surface area contributed by atoms with Gasteiger partial charge in [0.2, 0.25) is 5.91 Å². The van der Waals surface area contributed by atoms with E-state index in [2.05, 4.69) is 10.4 Å². The highest BCUT2D eigenvalue weighted by molar-refractivity contribution is 5.87. The first-order valence-electron chi connectivity index (χ1n) is 8.41. The third kappa shape index (κ3) is 3.41. The van der Waals surface area contributed by atoms with Crippen LogP contribution in [0.4, 0.5) is 0 Å². The van der Waals surface area contributed by atoms with E-state index in [1.54, 1.807) is 7.11 Å². The van der Waals surface area contributed by atoms with Crippen molar-refractivity contribution in [1.29, 1.82) is 0 Å². The van der Waals surface area contributed by atoms with Crippen molar-refractivity contribution in [3.8, 4) is 0 Å². The van der Waals surface area contributed by atoms with Crippen LogP contribution in [0.25, 0.3) is 16.4 Å². The zero-order chi connectivity index (χ0) is 17.8. The Bertz CT molecular complexity index is 958. The number of benzene rings is 1. The quantitative estimate of drug-likeness (QED) is 0.658. The van der Waals surface area contributed by atoms with Crippen LogP contribution in [0.15, 0.2) is 35.1 Å². The fourth-order valence-corrected chi connectivity index (χ4v) is 2.92. The summed E-state index contributed by atoms with van der Waals surface area (Å²) in [7, 11) is 1.62. The Morgan fingerprint density at radius 3 is 2.84 bits per heavy atom. The molecular formula is C18H22N4O3. The highest BCUT2D eigenvalue weighted by atomic mass is 16.5. The second-order valence-electron chi connectivity index (χ2n) is 5.85. The molecule has 0 radical (unpaired) electrons. The van der Waals surface area contributed by atoms with Gasteiger partial charge in [-0.25, -0.2) is 4.68 Å². The normalized spacial score (nSPS) is 11.3. The zero-order valence-electron chi connectivity index (χ0n) is 14.5. The summed E-state index contributed by atoms with van der Waals surface area (Å²) in [5.41, 5.74) is 1.23. The fraction of sp³-hybridized carbons (Fsp3) is 0.389. The van der Waals surface area contributed by atoms with Gasteiger partial charge in [0, 0.05) is 32.1 Å². The van der Waals surface area contributed by atoms with E-state index in [-0.39, 0.29) is 18.0 Å². The maximum absolute atomic E-state index is 12.8. The number of nitrogens with zero attached hydrogens (tertiary/aromatic N) is 3. The van der Waals surface area contributed by atoms with Gasteiger partial charge in [-0.2, -0.15) is 5.10 Å². The summed E-state index contributed by atoms with van der Waals surface area (Å²) in [6.07, 6.45) is 1.39. The summed E-state index contributed by atoms with van der Waals surface area (Å²) in [6, 6.07) is 9.66. The van der Waals surface area contributed by atoms with Crippen molar-refractivity contribution in [3.05, 3.63) is 46.5 Å². The molecule has 1 N–H and O–H groups in total. The number of fused-ring (bicyclic) bond motifs is 3. The summed E-state index contributed by atoms with van der Waals surface area (Å²) in [5.74, 6) is 0.524. The number of nitrogens with one attached hydrogen (secondary N) is 1. The molecule has 0 aliphatic heterocycles. The number of methoxy groups -OCH3 is 1. The van der Waals surface area contributed by atoms with Crippen LogP contribution in [-0.2, 0) is 22.5 Å². The average molecular weight is 342 g/mol. The minimum Gasteiger partial charge on any atom is -0.385 e. The van der Waals surface area contributed by atoms with Crippen molar-refractivity contribution < 1.29 is 9.53 Å². The van der Waals surface area contributed by atoms with Gasteiger partial charge in [0.15, 0.2) is 0 Å². The summed E-state index contributed by atoms with van der Waals surface area (Å²) in [5, 5.41) is 8.17. The highest BCUT2D eigenvalue weighted by Gasteiger charge is 2.14. The van der Waals surface area contributed by atoms with E-state index in [1.165, 1.54) is 4.68 Å². The third-order valence-corrected chi connectivity index (χ3v) is 4.12. The lowest BCUT2D eigenvalue weighted by Gasteiger charge is -2.10. The van der Waals surface area contributed by atoms with Crippen molar-refractivity contribution in [2.24, 2.45) is 0 Å². The largest absolute Gasteiger partial charge is 0.385 e. The second kappa shape index (κ2) is 7.48. The Hall–Kier alpha value is -2.67. The zero-order valence-corrected chi connectivity index (χ0v) is 14.5. The highest BCUT2D eigenvalue weighted by Crippen LogP contribution is 2.19. The molecule has 0 unspecified atom stereocenters. The van der Waals surface area contributed by atoms with Gasteiger partial charge in [-0.3, -0.25) is 14.0 Å². The van der Waals surface area contributed by atoms with E-state index < -0.39 is 0 Å². The lowest BCUT2D eigenvalue weighted by molar-refractivity contribution is -0.121. The van der Waals surface area contributed by atoms with E-state index >= 15 is 0 Å². The Morgan fingerprint density at radius 1 is 1.28 bits per heavy atom. The van der Waals surface area contributed by atoms with E-state index in [0.29, 0.717) is 25.1 Å². The number of aryl methyl sites for hydroxylation is 1. The average Bonchev–Trinajstić information content (AvgIpc) is 3.01. The van der Waals surface area contributed by atoms with E-state index in [9.17, 15) is 9.59 Å². The lowest BCUT2D eigenvalue weighted by Crippen LogP contribution is -2.35. The Morgan fingerprint density at radius 2 is 2.08 bits per heavy atom. The van der Waals surface area contributed by atoms with Crippen LogP contribution in [0, 0.1) is 0 Å². The molecule has 0 saturated heterocycles. The molecule has 0 aliphatic carbocycles. The predicted octanol–water partition coefficient (Wildman–Crippen LogP) is 1.36. The molecule has 0 saturated carbocycles. The maximum Gasteiger partial charge on any atom is 0.291 e. The Kier molecular flexibility index (Phi) is 5.14. The summed E-state index contributed by atoms with van der Waals surface area (Å²) in [4.78, 5) is 24.8. The van der Waals surface area contributed by atoms with Gasteiger partial charge < -0.3 is 10.1 Å². The first kappa shape index (κ1) is 17.2. The minimum atomic E-state index is -0.263. The number of hydrogen-bond acceptors (Lipinski definition) is 4. The molecule has 1 amide bonds. The molecule has 0 aliphatic rings. The molecule has 0 spiro atoms. The summed E-state index contributed by atoms with van der Waals surface area (Å²) >= 11 is 0. The topological polar surface area (TPSA) is 77.6 Å². The number of aromatic nitrogens is 3. The van der Waals surface area contributed by atoms with Gasteiger partial charge in [0.05, 0.1) is 5.52 Å². The molecule has 0 fully saturated rings. The molecule has 1 aromatic carbocycles. The predicted molar refractivity (Wildman–Crippen MR) is 95.8 cm³/mol. The standard InChI is InChI=1S/C18H22N4O3/c1-3-16-20-21(12-17(23)19-9-6-10-25-2)18(24)15-11-13-7-4-5-8-14(13)22(15)16/h4-5,7-8,11H,3,6,9-10,12H2,1-2H3,(H,19,23). The van der Waals surface area contributed by atoms with Crippen LogP contribution in [-0.4, -0.2) is 40.3 Å². The maximum atomic E-state index is 12.8. The number of carbonyl (C=O) groups excluding carboxylic acids is 1. The smallest absolute Gasteiger partial charge is 0.291 e. The van der Waals surface area contributed by atoms with Crippen LogP contribution in [0.2, 0.25) is 0 Å². The van der Waals surface area contributed by atoms with Crippen LogP contribution in [0.5, 0.6) is 0 Å². The number of carbonyl (C=O) groups is 1. The lowest BCUT2D eigenvalue weighted by atomic mass is 10.2. The van der Waals surface area contributed by atoms with E-state index in [4.69, 9.17) is 4.74 Å². The molecule has 2 heterocycles. The molecular weight excluding hydrogens is 320 g/mol. The number of ether oxygens (including phenoxy) is 1. The van der Waals surface area contributed by atoms with Crippen LogP contribution in [0.1, 0.15) is 19.2 Å². The summed E-state index contributed by atoms with van der Waals surface area (Å²) in [6.45, 7) is 2.99. The van der Waals surface area contributed by atoms with Crippen LogP contribution < -0.4 is 10.9 Å². The Labute approximate surface area is 145 Å². The van der Waals surface area contributed by atoms with E-state index in [0.717, 1.165) is 23.1 Å². The monoisotopic (exact) mass is 342 g/mol. The first-order valence-corrected chi connectivity index (χ1v) is 8.41. The Balaban J connectivity index is 1.94. The molecule has 3 aromatic rings. The first-order chi connectivity index (χ1) is 12.2. The van der Waals surface area contributed by atoms with Gasteiger partial charge in [-0.1, -0.05) is 25.1 Å². The van der Waals surface area contributed by atoms with Gasteiger partial charge in [0.1, 0.15) is 17.9 Å². The molecule has 3 rings (SSSR count). The van der Waals surface area contributed by atoms with Gasteiger partial charge in [-0.05, 0) is 18.6 Å². The van der Waals surface area contributed by atoms with Crippen molar-refractivity contribution in [2.75, 3.05) is 20.3 Å². The van der Waals surface area contributed by atoms with Crippen molar-refractivity contribution >= 4 is 22.3 Å². The number of amides is 1. The van der Waals surface area contributed by atoms with Gasteiger partial charge >= 0.3 is 0 Å². The molecule has 132 valence electrons. The molecule has 2 aromatic heterocycles. The van der Waals surface area contributed by atoms with Gasteiger partial charge in [0.25, 0.3) is 5.56 Å². The molecule has 0 bridgehead atoms. The molecule has 7 nitrogen and oxygen atoms in total. The van der Waals surface area contributed by atoms with Crippen molar-refractivity contribution in [3.63, 3.8) is 0 Å². The third-order valence-electron chi connectivity index (χ3n) is 4.12. The number of para-hydroxylation sites is 1. The van der Waals surface area contributed by atoms with E-state index in [1.807, 2.05) is 41.7 Å². The number of hydrogen-bond donors (Lipinski definition) is 1.